The first-order chi connectivity index (χ1) is 7.17. The second kappa shape index (κ2) is 3.57. The molecule has 0 aromatic heterocycles. The van der Waals surface area contributed by atoms with Crippen LogP contribution in [-0.4, -0.2) is 5.97 Å². The summed E-state index contributed by atoms with van der Waals surface area (Å²) < 4.78 is 5.19. The highest BCUT2D eigenvalue weighted by atomic mass is 16.5. The summed E-state index contributed by atoms with van der Waals surface area (Å²) in [6.45, 7) is 4.12. The van der Waals surface area contributed by atoms with E-state index in [1.807, 2.05) is 6.07 Å². The van der Waals surface area contributed by atoms with Crippen LogP contribution in [0, 0.1) is 0 Å². The van der Waals surface area contributed by atoms with E-state index in [1.54, 1.807) is 0 Å². The SMILES string of the molecule is CCc1cc(CC)c2c(c1N)CC(=O)O2. The molecule has 1 aliphatic rings. The lowest BCUT2D eigenvalue weighted by Gasteiger charge is -2.11. The molecule has 0 fully saturated rings. The van der Waals surface area contributed by atoms with Gasteiger partial charge in [0, 0.05) is 11.3 Å². The summed E-state index contributed by atoms with van der Waals surface area (Å²) in [5.41, 5.74) is 9.82. The Morgan fingerprint density at radius 1 is 1.33 bits per heavy atom. The van der Waals surface area contributed by atoms with Gasteiger partial charge in [-0.15, -0.1) is 0 Å². The smallest absolute Gasteiger partial charge is 0.315 e. The fourth-order valence-electron chi connectivity index (χ4n) is 2.02. The Kier molecular flexibility index (Phi) is 2.39. The number of esters is 1. The maximum absolute atomic E-state index is 11.2. The van der Waals surface area contributed by atoms with Crippen LogP contribution in [0.5, 0.6) is 5.75 Å². The summed E-state index contributed by atoms with van der Waals surface area (Å²) in [6, 6.07) is 2.05. The standard InChI is InChI=1S/C12H15NO2/c1-3-7-5-8(4-2)12-9(11(7)13)6-10(14)15-12/h5H,3-4,6,13H2,1-2H3. The van der Waals surface area contributed by atoms with E-state index >= 15 is 0 Å². The molecule has 1 aromatic rings. The number of hydrogen-bond acceptors (Lipinski definition) is 3. The minimum Gasteiger partial charge on any atom is -0.426 e. The molecule has 0 unspecified atom stereocenters. The van der Waals surface area contributed by atoms with Gasteiger partial charge in [-0.05, 0) is 24.0 Å². The van der Waals surface area contributed by atoms with E-state index in [1.165, 1.54) is 0 Å². The summed E-state index contributed by atoms with van der Waals surface area (Å²) in [5.74, 6) is 0.511. The van der Waals surface area contributed by atoms with E-state index in [0.717, 1.165) is 35.2 Å². The van der Waals surface area contributed by atoms with Gasteiger partial charge in [-0.3, -0.25) is 4.79 Å². The molecular weight excluding hydrogens is 190 g/mol. The number of hydrogen-bond donors (Lipinski definition) is 1. The summed E-state index contributed by atoms with van der Waals surface area (Å²) in [7, 11) is 0. The molecule has 0 saturated carbocycles. The molecule has 0 atom stereocenters. The third-order valence-corrected chi connectivity index (χ3v) is 2.88. The molecule has 80 valence electrons. The second-order valence-corrected chi connectivity index (χ2v) is 3.77. The normalized spacial score (nSPS) is 13.9. The molecule has 2 rings (SSSR count). The third-order valence-electron chi connectivity index (χ3n) is 2.88. The molecule has 3 nitrogen and oxygen atoms in total. The number of fused-ring (bicyclic) bond motifs is 1. The highest BCUT2D eigenvalue weighted by Gasteiger charge is 2.26. The lowest BCUT2D eigenvalue weighted by atomic mass is 9.98. The van der Waals surface area contributed by atoms with Gasteiger partial charge >= 0.3 is 5.97 Å². The van der Waals surface area contributed by atoms with Crippen LogP contribution in [0.4, 0.5) is 5.69 Å². The molecular formula is C12H15NO2. The monoisotopic (exact) mass is 205 g/mol. The van der Waals surface area contributed by atoms with Gasteiger partial charge in [0.05, 0.1) is 6.42 Å². The molecule has 1 aromatic carbocycles. The molecule has 0 amide bonds. The third kappa shape index (κ3) is 1.48. The fraction of sp³-hybridized carbons (Fsp3) is 0.417. The average molecular weight is 205 g/mol. The van der Waals surface area contributed by atoms with Crippen molar-refractivity contribution in [2.24, 2.45) is 0 Å². The minimum atomic E-state index is -0.195. The van der Waals surface area contributed by atoms with Gasteiger partial charge in [0.25, 0.3) is 0 Å². The van der Waals surface area contributed by atoms with Crippen molar-refractivity contribution in [2.75, 3.05) is 5.73 Å². The number of nitrogen functional groups attached to an aromatic ring is 1. The van der Waals surface area contributed by atoms with E-state index in [9.17, 15) is 4.79 Å². The first-order valence-electron chi connectivity index (χ1n) is 5.31. The van der Waals surface area contributed by atoms with Crippen molar-refractivity contribution in [2.45, 2.75) is 33.1 Å². The van der Waals surface area contributed by atoms with Crippen molar-refractivity contribution in [1.29, 1.82) is 0 Å². The predicted octanol–water partition coefficient (Wildman–Crippen LogP) is 1.86. The number of nitrogens with two attached hydrogens (primary N) is 1. The number of rotatable bonds is 2. The van der Waals surface area contributed by atoms with E-state index in [4.69, 9.17) is 10.5 Å². The van der Waals surface area contributed by atoms with Gasteiger partial charge < -0.3 is 10.5 Å². The van der Waals surface area contributed by atoms with Crippen LogP contribution in [0.15, 0.2) is 6.07 Å². The summed E-state index contributed by atoms with van der Waals surface area (Å²) >= 11 is 0. The van der Waals surface area contributed by atoms with Crippen LogP contribution in [-0.2, 0) is 24.1 Å². The van der Waals surface area contributed by atoms with Crippen LogP contribution in [0.3, 0.4) is 0 Å². The molecule has 0 radical (unpaired) electrons. The zero-order valence-corrected chi connectivity index (χ0v) is 9.09. The van der Waals surface area contributed by atoms with Crippen molar-refractivity contribution in [3.63, 3.8) is 0 Å². The van der Waals surface area contributed by atoms with Crippen molar-refractivity contribution in [3.8, 4) is 5.75 Å². The van der Waals surface area contributed by atoms with E-state index in [-0.39, 0.29) is 5.97 Å². The molecule has 0 saturated heterocycles. The predicted molar refractivity (Wildman–Crippen MR) is 58.9 cm³/mol. The van der Waals surface area contributed by atoms with Gasteiger partial charge in [-0.1, -0.05) is 19.9 Å². The maximum atomic E-state index is 11.2. The summed E-state index contributed by atoms with van der Waals surface area (Å²) in [6.07, 6.45) is 2.07. The number of carbonyl (C=O) groups excluding carboxylic acids is 1. The zero-order chi connectivity index (χ0) is 11.0. The van der Waals surface area contributed by atoms with E-state index in [2.05, 4.69) is 13.8 Å². The van der Waals surface area contributed by atoms with Gasteiger partial charge in [-0.25, -0.2) is 0 Å². The number of ether oxygens (including phenoxy) is 1. The molecule has 0 spiro atoms. The number of anilines is 1. The Balaban J connectivity index is 2.62. The molecule has 3 heteroatoms. The van der Waals surface area contributed by atoms with E-state index in [0.29, 0.717) is 12.2 Å². The Morgan fingerprint density at radius 3 is 2.60 bits per heavy atom. The van der Waals surface area contributed by atoms with Gasteiger partial charge in [0.1, 0.15) is 5.75 Å². The van der Waals surface area contributed by atoms with Crippen molar-refractivity contribution in [1.82, 2.24) is 0 Å². The molecule has 15 heavy (non-hydrogen) atoms. The zero-order valence-electron chi connectivity index (χ0n) is 9.09. The van der Waals surface area contributed by atoms with Crippen molar-refractivity contribution >= 4 is 11.7 Å². The topological polar surface area (TPSA) is 52.3 Å². The average Bonchev–Trinajstić information content (AvgIpc) is 2.61. The first kappa shape index (κ1) is 10.0. The van der Waals surface area contributed by atoms with Gasteiger partial charge in [-0.2, -0.15) is 0 Å². The molecule has 0 aliphatic carbocycles. The highest BCUT2D eigenvalue weighted by molar-refractivity contribution is 5.85. The van der Waals surface area contributed by atoms with Crippen LogP contribution >= 0.6 is 0 Å². The van der Waals surface area contributed by atoms with Crippen LogP contribution < -0.4 is 10.5 Å². The van der Waals surface area contributed by atoms with Gasteiger partial charge in [0.2, 0.25) is 0 Å². The number of benzene rings is 1. The van der Waals surface area contributed by atoms with Crippen molar-refractivity contribution < 1.29 is 9.53 Å². The van der Waals surface area contributed by atoms with Crippen LogP contribution in [0.25, 0.3) is 0 Å². The van der Waals surface area contributed by atoms with Crippen molar-refractivity contribution in [3.05, 3.63) is 22.8 Å². The molecule has 1 aliphatic heterocycles. The maximum Gasteiger partial charge on any atom is 0.315 e. The first-order valence-corrected chi connectivity index (χ1v) is 5.31. The fourth-order valence-corrected chi connectivity index (χ4v) is 2.02. The Morgan fingerprint density at radius 2 is 2.00 bits per heavy atom. The van der Waals surface area contributed by atoms with E-state index < -0.39 is 0 Å². The molecule has 1 heterocycles. The summed E-state index contributed by atoms with van der Waals surface area (Å²) in [5, 5.41) is 0. The lowest BCUT2D eigenvalue weighted by Crippen LogP contribution is -2.01. The lowest BCUT2D eigenvalue weighted by molar-refractivity contribution is -0.131. The Labute approximate surface area is 89.2 Å². The van der Waals surface area contributed by atoms with Crippen LogP contribution in [0.1, 0.15) is 30.5 Å². The number of carbonyl (C=O) groups is 1. The largest absolute Gasteiger partial charge is 0.426 e. The minimum absolute atomic E-state index is 0.195. The summed E-state index contributed by atoms with van der Waals surface area (Å²) in [4.78, 5) is 11.2. The Hall–Kier alpha value is -1.51. The molecule has 0 bridgehead atoms. The van der Waals surface area contributed by atoms with Crippen LogP contribution in [0.2, 0.25) is 0 Å². The number of aryl methyl sites for hydroxylation is 2. The second-order valence-electron chi connectivity index (χ2n) is 3.77. The molecule has 2 N–H and O–H groups in total. The Bertz CT molecular complexity index is 424. The highest BCUT2D eigenvalue weighted by Crippen LogP contribution is 2.37. The van der Waals surface area contributed by atoms with Gasteiger partial charge in [0.15, 0.2) is 0 Å². The quantitative estimate of drug-likeness (QED) is 0.455.